The van der Waals surface area contributed by atoms with Crippen LogP contribution in [-0.2, 0) is 26.7 Å². The largest absolute Gasteiger partial charge is 0.481 e. The van der Waals surface area contributed by atoms with Crippen LogP contribution in [0.15, 0.2) is 23.1 Å². The molecule has 2 fully saturated rings. The highest BCUT2D eigenvalue weighted by Gasteiger charge is 2.36. The van der Waals surface area contributed by atoms with Crippen LogP contribution in [0.5, 0.6) is 0 Å². The Morgan fingerprint density at radius 1 is 1.17 bits per heavy atom. The van der Waals surface area contributed by atoms with Crippen molar-refractivity contribution in [2.45, 2.75) is 88.5 Å². The molecule has 2 saturated carbocycles. The number of nitrogens with one attached hydrogen (secondary N) is 1. The molecule has 4 rings (SSSR count). The minimum absolute atomic E-state index is 0.105. The van der Waals surface area contributed by atoms with E-state index in [0.29, 0.717) is 29.3 Å². The maximum atomic E-state index is 13.0. The first kappa shape index (κ1) is 26.8. The van der Waals surface area contributed by atoms with Crippen LogP contribution in [0, 0.1) is 11.8 Å². The third-order valence-corrected chi connectivity index (χ3v) is 9.39. The number of hydrogen-bond donors (Lipinski definition) is 3. The molecule has 0 spiro atoms. The van der Waals surface area contributed by atoms with E-state index in [4.69, 9.17) is 15.2 Å². The molecule has 10 heteroatoms. The molecule has 8 nitrogen and oxygen atoms in total. The summed E-state index contributed by atoms with van der Waals surface area (Å²) in [5, 5.41) is 17.9. The van der Waals surface area contributed by atoms with Crippen LogP contribution in [0.2, 0.25) is 0 Å². The lowest BCUT2D eigenvalue weighted by molar-refractivity contribution is -0.145. The van der Waals surface area contributed by atoms with Crippen LogP contribution in [0.3, 0.4) is 0 Å². The van der Waals surface area contributed by atoms with E-state index >= 15 is 0 Å². The average molecular weight is 534 g/mol. The number of hydrogen-bond acceptors (Lipinski definition) is 6. The fourth-order valence-corrected chi connectivity index (χ4v) is 7.09. The number of carbonyl (C=O) groups excluding carboxylic acids is 1. The van der Waals surface area contributed by atoms with Crippen molar-refractivity contribution in [2.75, 3.05) is 0 Å². The number of aliphatic carboxylic acids is 1. The molecule has 2 aromatic rings. The number of rotatable bonds is 7. The van der Waals surface area contributed by atoms with Crippen molar-refractivity contribution in [3.8, 4) is 10.4 Å². The Morgan fingerprint density at radius 3 is 2.42 bits per heavy atom. The molecular weight excluding hydrogens is 498 g/mol. The van der Waals surface area contributed by atoms with Crippen molar-refractivity contribution in [3.05, 3.63) is 34.5 Å². The van der Waals surface area contributed by atoms with Gasteiger partial charge in [0.1, 0.15) is 0 Å². The Morgan fingerprint density at radius 2 is 1.83 bits per heavy atom. The first-order chi connectivity index (χ1) is 16.8. The molecule has 2 aliphatic rings. The summed E-state index contributed by atoms with van der Waals surface area (Å²) >= 11 is 1.31. The molecule has 1 amide bonds. The molecule has 36 heavy (non-hydrogen) atoms. The predicted octanol–water partition coefficient (Wildman–Crippen LogP) is 4.47. The van der Waals surface area contributed by atoms with Gasteiger partial charge in [-0.25, -0.2) is 18.5 Å². The van der Waals surface area contributed by atoms with Crippen LogP contribution in [-0.4, -0.2) is 36.4 Å². The lowest BCUT2D eigenvalue weighted by Crippen LogP contribution is -2.46. The number of carbonyl (C=O) groups is 2. The molecule has 0 bridgehead atoms. The Balaban J connectivity index is 1.68. The standard InChI is InChI=1S/C26H35N3O5S2/c1-26(2,3)19-14-16(9-10-21(19)36(27,33)34)22-20(11-15-7-5-4-6-8-15)29-24(35-22)23(30)28-18-12-17(13-18)25(31)32/h9-10,14-15,17-18H,4-8,11-13H2,1-3H3,(H,28,30)(H,31,32)(H2,27,33,34). The molecule has 0 radical (unpaired) electrons. The van der Waals surface area contributed by atoms with E-state index in [1.54, 1.807) is 12.1 Å². The molecule has 0 unspecified atom stereocenters. The second-order valence-electron chi connectivity index (χ2n) is 11.2. The first-order valence-corrected chi connectivity index (χ1v) is 14.9. The zero-order valence-electron chi connectivity index (χ0n) is 21.0. The number of sulfonamides is 1. The van der Waals surface area contributed by atoms with E-state index in [2.05, 4.69) is 5.32 Å². The topological polar surface area (TPSA) is 139 Å². The van der Waals surface area contributed by atoms with Gasteiger partial charge in [0.2, 0.25) is 10.0 Å². The maximum Gasteiger partial charge on any atom is 0.306 e. The van der Waals surface area contributed by atoms with Crippen molar-refractivity contribution >= 4 is 33.2 Å². The van der Waals surface area contributed by atoms with Gasteiger partial charge in [0.15, 0.2) is 5.01 Å². The van der Waals surface area contributed by atoms with E-state index in [-0.39, 0.29) is 16.8 Å². The molecule has 0 atom stereocenters. The molecule has 0 aliphatic heterocycles. The number of benzene rings is 1. The summed E-state index contributed by atoms with van der Waals surface area (Å²) in [6.45, 7) is 5.83. The summed E-state index contributed by atoms with van der Waals surface area (Å²) in [7, 11) is -3.90. The van der Waals surface area contributed by atoms with E-state index < -0.39 is 27.3 Å². The number of thiazole rings is 1. The van der Waals surface area contributed by atoms with Crippen molar-refractivity contribution in [1.29, 1.82) is 0 Å². The van der Waals surface area contributed by atoms with E-state index in [1.807, 2.05) is 26.8 Å². The van der Waals surface area contributed by atoms with E-state index in [0.717, 1.165) is 35.4 Å². The van der Waals surface area contributed by atoms with Gasteiger partial charge in [0.05, 0.1) is 21.4 Å². The Hall–Kier alpha value is -2.30. The monoisotopic (exact) mass is 533 g/mol. The highest BCUT2D eigenvalue weighted by atomic mass is 32.2. The van der Waals surface area contributed by atoms with Gasteiger partial charge in [-0.2, -0.15) is 0 Å². The van der Waals surface area contributed by atoms with E-state index in [1.165, 1.54) is 30.6 Å². The smallest absolute Gasteiger partial charge is 0.306 e. The highest BCUT2D eigenvalue weighted by molar-refractivity contribution is 7.89. The van der Waals surface area contributed by atoms with Gasteiger partial charge < -0.3 is 10.4 Å². The van der Waals surface area contributed by atoms with E-state index in [9.17, 15) is 18.0 Å². The second-order valence-corrected chi connectivity index (χ2v) is 13.7. The Bertz CT molecular complexity index is 1250. The number of amides is 1. The maximum absolute atomic E-state index is 13.0. The normalized spacial score (nSPS) is 21.1. The minimum Gasteiger partial charge on any atom is -0.481 e. The molecule has 4 N–H and O–H groups in total. The number of carboxylic acid groups (broad SMARTS) is 1. The van der Waals surface area contributed by atoms with Crippen molar-refractivity contribution < 1.29 is 23.1 Å². The minimum atomic E-state index is -3.90. The van der Waals surface area contributed by atoms with Gasteiger partial charge in [-0.15, -0.1) is 11.3 Å². The Kier molecular flexibility index (Phi) is 7.60. The number of carboxylic acids is 1. The van der Waals surface area contributed by atoms with Crippen LogP contribution in [0.25, 0.3) is 10.4 Å². The van der Waals surface area contributed by atoms with Gasteiger partial charge in [-0.05, 0) is 53.9 Å². The van der Waals surface area contributed by atoms with Crippen molar-refractivity contribution in [2.24, 2.45) is 17.0 Å². The van der Waals surface area contributed by atoms with Crippen LogP contribution >= 0.6 is 11.3 Å². The molecule has 2 aliphatic carbocycles. The lowest BCUT2D eigenvalue weighted by atomic mass is 9.80. The van der Waals surface area contributed by atoms with Crippen LogP contribution in [0.4, 0.5) is 0 Å². The number of aromatic nitrogens is 1. The molecule has 1 heterocycles. The van der Waals surface area contributed by atoms with Crippen LogP contribution < -0.4 is 10.5 Å². The fraction of sp³-hybridized carbons (Fsp3) is 0.577. The summed E-state index contributed by atoms with van der Waals surface area (Å²) in [6.07, 6.45) is 7.53. The summed E-state index contributed by atoms with van der Waals surface area (Å²) in [4.78, 5) is 29.8. The zero-order chi connectivity index (χ0) is 26.3. The second kappa shape index (κ2) is 10.2. The summed E-state index contributed by atoms with van der Waals surface area (Å²) < 4.78 is 24.5. The molecule has 0 saturated heterocycles. The summed E-state index contributed by atoms with van der Waals surface area (Å²) in [5.41, 5.74) is 1.85. The summed E-state index contributed by atoms with van der Waals surface area (Å²) in [5.74, 6) is -1.02. The average Bonchev–Trinajstić information content (AvgIpc) is 3.18. The first-order valence-electron chi connectivity index (χ1n) is 12.5. The van der Waals surface area contributed by atoms with Crippen molar-refractivity contribution in [1.82, 2.24) is 10.3 Å². The fourth-order valence-electron chi connectivity index (χ4n) is 5.17. The van der Waals surface area contributed by atoms with Gasteiger partial charge in [-0.1, -0.05) is 58.9 Å². The third-order valence-electron chi connectivity index (χ3n) is 7.28. The Labute approximate surface area is 216 Å². The van der Waals surface area contributed by atoms with Gasteiger partial charge in [0, 0.05) is 6.04 Å². The SMILES string of the molecule is CC(C)(C)c1cc(-c2sc(C(=O)NC3CC(C(=O)O)C3)nc2CC2CCCCC2)ccc1S(N)(=O)=O. The molecular formula is C26H35N3O5S2. The molecule has 1 aromatic carbocycles. The van der Waals surface area contributed by atoms with Gasteiger partial charge >= 0.3 is 5.97 Å². The lowest BCUT2D eigenvalue weighted by Gasteiger charge is -2.32. The number of nitrogens with two attached hydrogens (primary N) is 1. The highest BCUT2D eigenvalue weighted by Crippen LogP contribution is 2.39. The quantitative estimate of drug-likeness (QED) is 0.480. The molecule has 196 valence electrons. The van der Waals surface area contributed by atoms with Gasteiger partial charge in [0.25, 0.3) is 5.91 Å². The number of primary sulfonamides is 1. The number of nitrogens with zero attached hydrogens (tertiary/aromatic N) is 1. The summed E-state index contributed by atoms with van der Waals surface area (Å²) in [6, 6.07) is 5.00. The third kappa shape index (κ3) is 5.98. The van der Waals surface area contributed by atoms with Gasteiger partial charge in [-0.3, -0.25) is 9.59 Å². The van der Waals surface area contributed by atoms with Crippen LogP contribution in [0.1, 0.15) is 86.8 Å². The zero-order valence-corrected chi connectivity index (χ0v) is 22.7. The van der Waals surface area contributed by atoms with Crippen molar-refractivity contribution in [3.63, 3.8) is 0 Å². The molecule has 1 aromatic heterocycles. The predicted molar refractivity (Wildman–Crippen MR) is 140 cm³/mol.